The molecule has 0 aliphatic rings. The van der Waals surface area contributed by atoms with Crippen LogP contribution < -0.4 is 5.32 Å². The van der Waals surface area contributed by atoms with Crippen LogP contribution in [0.25, 0.3) is 0 Å². The molecule has 2 unspecified atom stereocenters. The van der Waals surface area contributed by atoms with Crippen molar-refractivity contribution < 1.29 is 13.0 Å². The van der Waals surface area contributed by atoms with Gasteiger partial charge in [-0.2, -0.15) is 0 Å². The van der Waals surface area contributed by atoms with Gasteiger partial charge >= 0.3 is 0 Å². The van der Waals surface area contributed by atoms with E-state index in [0.717, 1.165) is 25.1 Å². The van der Waals surface area contributed by atoms with E-state index < -0.39 is 22.4 Å². The van der Waals surface area contributed by atoms with Crippen molar-refractivity contribution in [3.63, 3.8) is 0 Å². The molecule has 2 atom stereocenters. The lowest BCUT2D eigenvalue weighted by Crippen LogP contribution is -2.33. The molecule has 0 heterocycles. The van der Waals surface area contributed by atoms with Crippen LogP contribution in [0.2, 0.25) is 0 Å². The lowest BCUT2D eigenvalue weighted by molar-refractivity contribution is 0.546. The summed E-state index contributed by atoms with van der Waals surface area (Å²) in [6.45, 7) is 4.72. The van der Waals surface area contributed by atoms with Gasteiger partial charge < -0.3 is 5.32 Å². The first-order chi connectivity index (χ1) is 8.08. The molecule has 0 saturated heterocycles. The molecule has 0 aliphatic carbocycles. The van der Waals surface area contributed by atoms with E-state index in [1.807, 2.05) is 13.8 Å². The van der Waals surface area contributed by atoms with Gasteiger partial charge in [-0.3, -0.25) is 4.21 Å². The van der Waals surface area contributed by atoms with Crippen molar-refractivity contribution in [3.8, 4) is 0 Å². The van der Waals surface area contributed by atoms with Crippen molar-refractivity contribution in [2.45, 2.75) is 31.2 Å². The maximum atomic E-state index is 13.4. The molecule has 0 spiro atoms. The topological polar surface area (TPSA) is 29.1 Å². The molecule has 2 nitrogen and oxygen atoms in total. The maximum Gasteiger partial charge on any atom is 0.142 e. The molecule has 0 bridgehead atoms. The van der Waals surface area contributed by atoms with Gasteiger partial charge in [0.1, 0.15) is 11.6 Å². The van der Waals surface area contributed by atoms with E-state index >= 15 is 0 Å². The molecule has 96 valence electrons. The van der Waals surface area contributed by atoms with Crippen LogP contribution in [0.3, 0.4) is 0 Å². The zero-order valence-electron chi connectivity index (χ0n) is 10.0. The minimum Gasteiger partial charge on any atom is -0.313 e. The van der Waals surface area contributed by atoms with Crippen LogP contribution in [0, 0.1) is 11.6 Å². The molecule has 0 radical (unpaired) electrons. The lowest BCUT2D eigenvalue weighted by atomic mass is 10.2. The first-order valence-electron chi connectivity index (χ1n) is 5.65. The highest BCUT2D eigenvalue weighted by molar-refractivity contribution is 7.85. The highest BCUT2D eigenvalue weighted by Gasteiger charge is 2.15. The van der Waals surface area contributed by atoms with Gasteiger partial charge in [-0.05, 0) is 25.1 Å². The Hall–Kier alpha value is -0.810. The normalized spacial score (nSPS) is 14.6. The van der Waals surface area contributed by atoms with Gasteiger partial charge in [0.25, 0.3) is 0 Å². The molecular weight excluding hydrogens is 244 g/mol. The fourth-order valence-corrected chi connectivity index (χ4v) is 2.94. The monoisotopic (exact) mass is 261 g/mol. The predicted molar refractivity (Wildman–Crippen MR) is 65.4 cm³/mol. The SMILES string of the molecule is CCNC(CC)CS(=O)c1ccc(F)cc1F. The number of hydrogen-bond acceptors (Lipinski definition) is 2. The van der Waals surface area contributed by atoms with E-state index in [0.29, 0.717) is 5.75 Å². The van der Waals surface area contributed by atoms with Gasteiger partial charge in [0.2, 0.25) is 0 Å². The van der Waals surface area contributed by atoms with Crippen LogP contribution in [0.1, 0.15) is 20.3 Å². The number of hydrogen-bond donors (Lipinski definition) is 1. The van der Waals surface area contributed by atoms with Crippen molar-refractivity contribution in [1.29, 1.82) is 0 Å². The number of rotatable bonds is 6. The fraction of sp³-hybridized carbons (Fsp3) is 0.500. The number of nitrogens with one attached hydrogen (secondary N) is 1. The summed E-state index contributed by atoms with van der Waals surface area (Å²) in [4.78, 5) is 0.0720. The highest BCUT2D eigenvalue weighted by atomic mass is 32.2. The average Bonchev–Trinajstić information content (AvgIpc) is 2.28. The molecule has 1 rings (SSSR count). The molecule has 5 heteroatoms. The fourth-order valence-electron chi connectivity index (χ4n) is 1.54. The third kappa shape index (κ3) is 4.16. The largest absolute Gasteiger partial charge is 0.313 e. The molecule has 0 aliphatic heterocycles. The van der Waals surface area contributed by atoms with Crippen LogP contribution in [0.4, 0.5) is 8.78 Å². The highest BCUT2D eigenvalue weighted by Crippen LogP contribution is 2.15. The smallest absolute Gasteiger partial charge is 0.142 e. The maximum absolute atomic E-state index is 13.4. The van der Waals surface area contributed by atoms with E-state index in [-0.39, 0.29) is 10.9 Å². The van der Waals surface area contributed by atoms with Crippen molar-refractivity contribution in [3.05, 3.63) is 29.8 Å². The molecule has 1 aromatic carbocycles. The average molecular weight is 261 g/mol. The van der Waals surface area contributed by atoms with Crippen molar-refractivity contribution >= 4 is 10.8 Å². The zero-order valence-corrected chi connectivity index (χ0v) is 10.8. The Morgan fingerprint density at radius 1 is 1.35 bits per heavy atom. The summed E-state index contributed by atoms with van der Waals surface area (Å²) in [5.41, 5.74) is 0. The standard InChI is InChI=1S/C12H17F2NOS/c1-3-10(15-4-2)8-17(16)12-6-5-9(13)7-11(12)14/h5-7,10,15H,3-4,8H2,1-2H3. The molecule has 0 saturated carbocycles. The minimum atomic E-state index is -1.44. The van der Waals surface area contributed by atoms with Crippen LogP contribution >= 0.6 is 0 Å². The molecule has 1 N–H and O–H groups in total. The van der Waals surface area contributed by atoms with Gasteiger partial charge in [-0.1, -0.05) is 13.8 Å². The summed E-state index contributed by atoms with van der Waals surface area (Å²) in [5.74, 6) is -1.05. The molecule has 17 heavy (non-hydrogen) atoms. The van der Waals surface area contributed by atoms with E-state index in [1.165, 1.54) is 6.07 Å². The summed E-state index contributed by atoms with van der Waals surface area (Å²) < 4.78 is 38.0. The quantitative estimate of drug-likeness (QED) is 0.852. The Labute approximate surface area is 103 Å². The summed E-state index contributed by atoms with van der Waals surface area (Å²) in [6, 6.07) is 3.23. The van der Waals surface area contributed by atoms with E-state index in [9.17, 15) is 13.0 Å². The predicted octanol–water partition coefficient (Wildman–Crippen LogP) is 2.46. The molecular formula is C12H17F2NOS. The van der Waals surface area contributed by atoms with Gasteiger partial charge in [-0.15, -0.1) is 0 Å². The Morgan fingerprint density at radius 2 is 2.06 bits per heavy atom. The molecule has 0 fully saturated rings. The van der Waals surface area contributed by atoms with Crippen molar-refractivity contribution in [2.75, 3.05) is 12.3 Å². The van der Waals surface area contributed by atoms with Crippen molar-refractivity contribution in [1.82, 2.24) is 5.32 Å². The number of benzene rings is 1. The van der Waals surface area contributed by atoms with Crippen molar-refractivity contribution in [2.24, 2.45) is 0 Å². The van der Waals surface area contributed by atoms with Gasteiger partial charge in [0.05, 0.1) is 15.7 Å². The second-order valence-corrected chi connectivity index (χ2v) is 5.21. The Bertz CT molecular complexity index is 398. The second kappa shape index (κ2) is 6.81. The van der Waals surface area contributed by atoms with E-state index in [4.69, 9.17) is 0 Å². The Kier molecular flexibility index (Phi) is 5.71. The first-order valence-corrected chi connectivity index (χ1v) is 6.97. The van der Waals surface area contributed by atoms with E-state index in [1.54, 1.807) is 0 Å². The van der Waals surface area contributed by atoms with Crippen LogP contribution in [0.15, 0.2) is 23.1 Å². The minimum absolute atomic E-state index is 0.0720. The molecule has 0 amide bonds. The van der Waals surface area contributed by atoms with Gasteiger partial charge in [0.15, 0.2) is 0 Å². The van der Waals surface area contributed by atoms with Crippen LogP contribution in [-0.2, 0) is 10.8 Å². The summed E-state index contributed by atoms with van der Waals surface area (Å²) in [7, 11) is -1.44. The van der Waals surface area contributed by atoms with E-state index in [2.05, 4.69) is 5.32 Å². The number of halogens is 2. The lowest BCUT2D eigenvalue weighted by Gasteiger charge is -2.15. The third-order valence-corrected chi connectivity index (χ3v) is 4.00. The third-order valence-electron chi connectivity index (χ3n) is 2.48. The first kappa shape index (κ1) is 14.3. The van der Waals surface area contributed by atoms with Gasteiger partial charge in [-0.25, -0.2) is 8.78 Å². The zero-order chi connectivity index (χ0) is 12.8. The summed E-state index contributed by atoms with van der Waals surface area (Å²) in [5, 5.41) is 3.17. The summed E-state index contributed by atoms with van der Waals surface area (Å²) in [6.07, 6.45) is 0.822. The molecule has 1 aromatic rings. The Balaban J connectivity index is 2.75. The van der Waals surface area contributed by atoms with Crippen LogP contribution in [0.5, 0.6) is 0 Å². The summed E-state index contributed by atoms with van der Waals surface area (Å²) >= 11 is 0. The van der Waals surface area contributed by atoms with Crippen LogP contribution in [-0.4, -0.2) is 22.5 Å². The van der Waals surface area contributed by atoms with Gasteiger partial charge in [0, 0.05) is 17.9 Å². The Morgan fingerprint density at radius 3 is 2.59 bits per heavy atom. The molecule has 0 aromatic heterocycles. The second-order valence-electron chi connectivity index (χ2n) is 3.75.